The molecule has 0 atom stereocenters. The summed E-state index contributed by atoms with van der Waals surface area (Å²) in [5.41, 5.74) is 8.91. The molecule has 7 heteroatoms. The minimum atomic E-state index is -0.136. The average Bonchev–Trinajstić information content (AvgIpc) is 2.65. The van der Waals surface area contributed by atoms with Crippen LogP contribution in [0.5, 0.6) is 0 Å². The third-order valence-electron chi connectivity index (χ3n) is 5.34. The fourth-order valence-electron chi connectivity index (χ4n) is 3.74. The van der Waals surface area contributed by atoms with E-state index in [2.05, 4.69) is 20.9 Å². The molecule has 1 spiro atoms. The number of nitrogens with two attached hydrogens (primary N) is 1. The molecule has 0 unspecified atom stereocenters. The van der Waals surface area contributed by atoms with E-state index in [0.29, 0.717) is 22.9 Å². The van der Waals surface area contributed by atoms with E-state index in [-0.39, 0.29) is 11.4 Å². The van der Waals surface area contributed by atoms with Crippen LogP contribution < -0.4 is 21.7 Å². The highest BCUT2D eigenvalue weighted by Crippen LogP contribution is 2.40. The molecule has 1 aromatic heterocycles. The van der Waals surface area contributed by atoms with Gasteiger partial charge < -0.3 is 21.7 Å². The number of hydrogen-bond donors (Lipinski definition) is 4. The topological polar surface area (TPSA) is 92.1 Å². The van der Waals surface area contributed by atoms with Crippen molar-refractivity contribution in [1.82, 2.24) is 15.6 Å². The van der Waals surface area contributed by atoms with Gasteiger partial charge in [0.15, 0.2) is 0 Å². The lowest BCUT2D eigenvalue weighted by Crippen LogP contribution is -2.58. The van der Waals surface area contributed by atoms with Gasteiger partial charge in [-0.05, 0) is 49.1 Å². The molecule has 1 aliphatic carbocycles. The fraction of sp³-hybridized carbons (Fsp3) is 0.286. The molecule has 0 bridgehead atoms. The number of aromatic nitrogens is 1. The molecule has 2 aromatic rings. The van der Waals surface area contributed by atoms with Gasteiger partial charge in [-0.1, -0.05) is 30.4 Å². The van der Waals surface area contributed by atoms with Crippen LogP contribution in [-0.2, 0) is 11.3 Å². The van der Waals surface area contributed by atoms with Crippen LogP contribution in [-0.4, -0.2) is 21.4 Å². The number of benzene rings is 1. The first-order valence-electron chi connectivity index (χ1n) is 9.41. The summed E-state index contributed by atoms with van der Waals surface area (Å²) < 4.78 is 0. The first-order valence-corrected chi connectivity index (χ1v) is 9.82. The molecule has 2 heterocycles. The molecule has 28 heavy (non-hydrogen) atoms. The van der Waals surface area contributed by atoms with Crippen molar-refractivity contribution in [2.45, 2.75) is 37.8 Å². The van der Waals surface area contributed by atoms with Gasteiger partial charge in [0, 0.05) is 36.1 Å². The zero-order valence-electron chi connectivity index (χ0n) is 15.5. The van der Waals surface area contributed by atoms with Crippen LogP contribution in [0, 0.1) is 0 Å². The largest absolute Gasteiger partial charge is 0.384 e. The molecule has 0 saturated heterocycles. The fourth-order valence-corrected chi connectivity index (χ4v) is 4.07. The number of hydrogen-bond acceptors (Lipinski definition) is 5. The SMILES string of the molecule is Nc1cc(CNC2=C(C(=S)Nc3ccccc3)C(=O)NC3(CCC3)C2)ccn1. The van der Waals surface area contributed by atoms with E-state index in [4.69, 9.17) is 18.0 Å². The van der Waals surface area contributed by atoms with E-state index in [0.717, 1.165) is 42.6 Å². The molecule has 1 aromatic carbocycles. The number of pyridine rings is 1. The molecule has 1 aliphatic heterocycles. The second-order valence-corrected chi connectivity index (χ2v) is 7.79. The van der Waals surface area contributed by atoms with Crippen molar-refractivity contribution >= 4 is 34.6 Å². The van der Waals surface area contributed by atoms with Crippen molar-refractivity contribution in [1.29, 1.82) is 0 Å². The lowest BCUT2D eigenvalue weighted by atomic mass is 9.71. The quantitative estimate of drug-likeness (QED) is 0.584. The van der Waals surface area contributed by atoms with Crippen LogP contribution in [0.25, 0.3) is 0 Å². The van der Waals surface area contributed by atoms with Crippen molar-refractivity contribution < 1.29 is 4.79 Å². The third-order valence-corrected chi connectivity index (χ3v) is 5.65. The molecule has 4 rings (SSSR count). The summed E-state index contributed by atoms with van der Waals surface area (Å²) in [6.45, 7) is 0.558. The predicted octanol–water partition coefficient (Wildman–Crippen LogP) is 2.89. The Morgan fingerprint density at radius 2 is 2.04 bits per heavy atom. The van der Waals surface area contributed by atoms with E-state index in [1.165, 1.54) is 0 Å². The molecular formula is C21H23N5OS. The molecule has 144 valence electrons. The highest BCUT2D eigenvalue weighted by atomic mass is 32.1. The number of anilines is 2. The van der Waals surface area contributed by atoms with Crippen molar-refractivity contribution in [2.24, 2.45) is 0 Å². The van der Waals surface area contributed by atoms with E-state index in [9.17, 15) is 4.79 Å². The van der Waals surface area contributed by atoms with E-state index >= 15 is 0 Å². The second-order valence-electron chi connectivity index (χ2n) is 7.38. The van der Waals surface area contributed by atoms with Crippen LogP contribution in [0.15, 0.2) is 59.9 Å². The molecular weight excluding hydrogens is 370 g/mol. The summed E-state index contributed by atoms with van der Waals surface area (Å²) in [5, 5.41) is 9.82. The van der Waals surface area contributed by atoms with Gasteiger partial charge in [-0.15, -0.1) is 0 Å². The maximum atomic E-state index is 12.9. The van der Waals surface area contributed by atoms with E-state index < -0.39 is 0 Å². The summed E-state index contributed by atoms with van der Waals surface area (Å²) in [4.78, 5) is 17.4. The Hall–Kier alpha value is -2.93. The number of nitrogens with zero attached hydrogens (tertiary/aromatic N) is 1. The minimum Gasteiger partial charge on any atom is -0.384 e. The number of nitrogens with one attached hydrogen (secondary N) is 3. The number of nitrogen functional groups attached to an aromatic ring is 1. The molecule has 1 saturated carbocycles. The van der Waals surface area contributed by atoms with Crippen LogP contribution in [0.4, 0.5) is 11.5 Å². The number of rotatable bonds is 5. The summed E-state index contributed by atoms with van der Waals surface area (Å²) in [5.74, 6) is 0.364. The van der Waals surface area contributed by atoms with Crippen molar-refractivity contribution in [3.8, 4) is 0 Å². The Bertz CT molecular complexity index is 937. The highest BCUT2D eigenvalue weighted by Gasteiger charge is 2.44. The molecule has 0 radical (unpaired) electrons. The van der Waals surface area contributed by atoms with Gasteiger partial charge in [0.1, 0.15) is 10.8 Å². The molecule has 1 fully saturated rings. The summed E-state index contributed by atoms with van der Waals surface area (Å²) in [6, 6.07) is 13.4. The van der Waals surface area contributed by atoms with Crippen LogP contribution in [0.2, 0.25) is 0 Å². The van der Waals surface area contributed by atoms with Gasteiger partial charge in [-0.25, -0.2) is 4.98 Å². The van der Waals surface area contributed by atoms with Crippen LogP contribution in [0.3, 0.4) is 0 Å². The Morgan fingerprint density at radius 3 is 2.71 bits per heavy atom. The second kappa shape index (κ2) is 7.59. The lowest BCUT2D eigenvalue weighted by Gasteiger charge is -2.46. The van der Waals surface area contributed by atoms with Crippen molar-refractivity contribution in [2.75, 3.05) is 11.1 Å². The van der Waals surface area contributed by atoms with Gasteiger partial charge in [-0.2, -0.15) is 0 Å². The van der Waals surface area contributed by atoms with Crippen LogP contribution in [0.1, 0.15) is 31.2 Å². The van der Waals surface area contributed by atoms with Gasteiger partial charge >= 0.3 is 0 Å². The highest BCUT2D eigenvalue weighted by molar-refractivity contribution is 7.81. The van der Waals surface area contributed by atoms with Crippen LogP contribution >= 0.6 is 12.2 Å². The maximum Gasteiger partial charge on any atom is 0.256 e. The Labute approximate surface area is 169 Å². The lowest BCUT2D eigenvalue weighted by molar-refractivity contribution is -0.120. The van der Waals surface area contributed by atoms with Gasteiger partial charge in [0.05, 0.1) is 5.57 Å². The number of carbonyl (C=O) groups is 1. The van der Waals surface area contributed by atoms with E-state index in [1.807, 2.05) is 42.5 Å². The monoisotopic (exact) mass is 393 g/mol. The van der Waals surface area contributed by atoms with Gasteiger partial charge in [-0.3, -0.25) is 4.79 Å². The third kappa shape index (κ3) is 3.84. The number of carbonyl (C=O) groups excluding carboxylic acids is 1. The molecule has 6 nitrogen and oxygen atoms in total. The summed E-state index contributed by atoms with van der Waals surface area (Å²) in [7, 11) is 0. The average molecular weight is 394 g/mol. The smallest absolute Gasteiger partial charge is 0.256 e. The summed E-state index contributed by atoms with van der Waals surface area (Å²) >= 11 is 5.59. The predicted molar refractivity (Wildman–Crippen MR) is 115 cm³/mol. The minimum absolute atomic E-state index is 0.115. The standard InChI is InChI=1S/C21H23N5OS/c22-17-11-14(7-10-23-17)13-24-16-12-21(8-4-9-21)26-19(27)18(16)20(28)25-15-5-2-1-3-6-15/h1-3,5-7,10-11,24H,4,8-9,12-13H2,(H2,22,23)(H,25,28)(H,26,27). The normalized spacial score (nSPS) is 17.6. The van der Waals surface area contributed by atoms with E-state index in [1.54, 1.807) is 6.20 Å². The van der Waals surface area contributed by atoms with Crippen molar-refractivity contribution in [3.63, 3.8) is 0 Å². The Kier molecular flexibility index (Phi) is 5.00. The Balaban J connectivity index is 1.59. The van der Waals surface area contributed by atoms with Gasteiger partial charge in [0.25, 0.3) is 5.91 Å². The number of thiocarbonyl (C=S) groups is 1. The maximum absolute atomic E-state index is 12.9. The number of amides is 1. The van der Waals surface area contributed by atoms with Crippen molar-refractivity contribution in [3.05, 3.63) is 65.5 Å². The molecule has 1 amide bonds. The Morgan fingerprint density at radius 1 is 1.25 bits per heavy atom. The summed E-state index contributed by atoms with van der Waals surface area (Å²) in [6.07, 6.45) is 5.57. The molecule has 2 aliphatic rings. The van der Waals surface area contributed by atoms with Gasteiger partial charge in [0.2, 0.25) is 0 Å². The molecule has 5 N–H and O–H groups in total. The zero-order chi connectivity index (χ0) is 19.6. The number of para-hydroxylation sites is 1. The first-order chi connectivity index (χ1) is 13.5. The first kappa shape index (κ1) is 18.4. The zero-order valence-corrected chi connectivity index (χ0v) is 16.3.